The van der Waals surface area contributed by atoms with E-state index in [-0.39, 0.29) is 0 Å². The van der Waals surface area contributed by atoms with E-state index in [2.05, 4.69) is 12.2 Å². The summed E-state index contributed by atoms with van der Waals surface area (Å²) in [6.07, 6.45) is 5.11. The van der Waals surface area contributed by atoms with Crippen molar-refractivity contribution in [1.29, 1.82) is 0 Å². The van der Waals surface area contributed by atoms with Gasteiger partial charge in [0, 0.05) is 24.7 Å². The first-order valence-electron chi connectivity index (χ1n) is 5.39. The first-order valence-corrected chi connectivity index (χ1v) is 5.39. The second kappa shape index (κ2) is 3.95. The summed E-state index contributed by atoms with van der Waals surface area (Å²) < 4.78 is 5.51. The Balaban J connectivity index is 1.77. The third-order valence-corrected chi connectivity index (χ3v) is 3.30. The maximum absolute atomic E-state index is 5.86. The van der Waals surface area contributed by atoms with Gasteiger partial charge in [-0.2, -0.15) is 0 Å². The number of rotatable bonds is 2. The van der Waals surface area contributed by atoms with Gasteiger partial charge in [0.25, 0.3) is 0 Å². The van der Waals surface area contributed by atoms with E-state index in [1.54, 1.807) is 0 Å². The van der Waals surface area contributed by atoms with Crippen molar-refractivity contribution in [1.82, 2.24) is 5.32 Å². The van der Waals surface area contributed by atoms with Gasteiger partial charge in [-0.1, -0.05) is 0 Å². The van der Waals surface area contributed by atoms with E-state index in [1.807, 2.05) is 0 Å². The molecule has 2 rings (SSSR count). The smallest absolute Gasteiger partial charge is 0.0700 e. The molecule has 0 aromatic rings. The van der Waals surface area contributed by atoms with Crippen LogP contribution >= 0.6 is 0 Å². The van der Waals surface area contributed by atoms with Crippen LogP contribution in [0.3, 0.4) is 0 Å². The summed E-state index contributed by atoms with van der Waals surface area (Å²) in [5, 5.41) is 3.65. The second-order valence-electron chi connectivity index (χ2n) is 4.41. The lowest BCUT2D eigenvalue weighted by atomic mass is 10.1. The van der Waals surface area contributed by atoms with Gasteiger partial charge >= 0.3 is 0 Å². The fraction of sp³-hybridized carbons (Fsp3) is 1.00. The van der Waals surface area contributed by atoms with Gasteiger partial charge in [0.1, 0.15) is 0 Å². The van der Waals surface area contributed by atoms with Crippen molar-refractivity contribution < 1.29 is 4.74 Å². The van der Waals surface area contributed by atoms with Crippen LogP contribution < -0.4 is 11.1 Å². The lowest BCUT2D eigenvalue weighted by molar-refractivity contribution is 0.111. The zero-order valence-electron chi connectivity index (χ0n) is 8.33. The molecule has 1 aliphatic heterocycles. The third-order valence-electron chi connectivity index (χ3n) is 3.30. The van der Waals surface area contributed by atoms with Crippen molar-refractivity contribution in [3.63, 3.8) is 0 Å². The zero-order valence-corrected chi connectivity index (χ0v) is 8.33. The Morgan fingerprint density at radius 2 is 2.15 bits per heavy atom. The van der Waals surface area contributed by atoms with E-state index in [0.717, 1.165) is 19.4 Å². The van der Waals surface area contributed by atoms with Crippen LogP contribution in [0.5, 0.6) is 0 Å². The number of hydrogen-bond donors (Lipinski definition) is 2. The molecule has 0 aromatic carbocycles. The molecule has 1 saturated heterocycles. The van der Waals surface area contributed by atoms with E-state index in [1.165, 1.54) is 12.8 Å². The maximum atomic E-state index is 5.86. The fourth-order valence-electron chi connectivity index (χ4n) is 2.42. The SMILES string of the molecule is CC1OCCC1NC1CCC(N)C1. The number of hydrogen-bond acceptors (Lipinski definition) is 3. The summed E-state index contributed by atoms with van der Waals surface area (Å²) in [6.45, 7) is 3.07. The largest absolute Gasteiger partial charge is 0.377 e. The molecule has 1 heterocycles. The first-order chi connectivity index (χ1) is 6.25. The predicted molar refractivity (Wildman–Crippen MR) is 52.6 cm³/mol. The van der Waals surface area contributed by atoms with Crippen LogP contribution in [0.2, 0.25) is 0 Å². The summed E-state index contributed by atoms with van der Waals surface area (Å²) in [7, 11) is 0. The van der Waals surface area contributed by atoms with E-state index < -0.39 is 0 Å². The van der Waals surface area contributed by atoms with Crippen molar-refractivity contribution in [3.05, 3.63) is 0 Å². The van der Waals surface area contributed by atoms with E-state index >= 15 is 0 Å². The molecule has 3 nitrogen and oxygen atoms in total. The third kappa shape index (κ3) is 2.22. The number of ether oxygens (including phenoxy) is 1. The van der Waals surface area contributed by atoms with Crippen LogP contribution in [0.4, 0.5) is 0 Å². The summed E-state index contributed by atoms with van der Waals surface area (Å²) in [5.74, 6) is 0. The van der Waals surface area contributed by atoms with Crippen molar-refractivity contribution >= 4 is 0 Å². The number of nitrogens with one attached hydrogen (secondary N) is 1. The van der Waals surface area contributed by atoms with Crippen LogP contribution in [0.15, 0.2) is 0 Å². The Morgan fingerprint density at radius 1 is 1.31 bits per heavy atom. The minimum atomic E-state index is 0.386. The summed E-state index contributed by atoms with van der Waals surface area (Å²) in [5.41, 5.74) is 5.86. The maximum Gasteiger partial charge on any atom is 0.0700 e. The van der Waals surface area contributed by atoms with Gasteiger partial charge in [-0.05, 0) is 32.6 Å². The molecule has 0 bridgehead atoms. The van der Waals surface area contributed by atoms with Crippen molar-refractivity contribution in [3.8, 4) is 0 Å². The molecule has 0 amide bonds. The minimum absolute atomic E-state index is 0.386. The molecule has 2 fully saturated rings. The van der Waals surface area contributed by atoms with E-state index in [4.69, 9.17) is 10.5 Å². The van der Waals surface area contributed by atoms with Crippen LogP contribution in [0, 0.1) is 0 Å². The molecule has 4 atom stereocenters. The monoisotopic (exact) mass is 184 g/mol. The van der Waals surface area contributed by atoms with E-state index in [9.17, 15) is 0 Å². The molecule has 4 unspecified atom stereocenters. The van der Waals surface area contributed by atoms with E-state index in [0.29, 0.717) is 24.2 Å². The molecule has 3 N–H and O–H groups in total. The minimum Gasteiger partial charge on any atom is -0.377 e. The van der Waals surface area contributed by atoms with Crippen molar-refractivity contribution in [2.75, 3.05) is 6.61 Å². The molecule has 1 aliphatic carbocycles. The molecule has 1 saturated carbocycles. The first kappa shape index (κ1) is 9.44. The molecule has 0 aromatic heterocycles. The highest BCUT2D eigenvalue weighted by Crippen LogP contribution is 2.21. The van der Waals surface area contributed by atoms with Gasteiger partial charge in [0.15, 0.2) is 0 Å². The predicted octanol–water partition coefficient (Wildman–Crippen LogP) is 0.633. The van der Waals surface area contributed by atoms with Crippen molar-refractivity contribution in [2.24, 2.45) is 5.73 Å². The van der Waals surface area contributed by atoms with Gasteiger partial charge in [-0.15, -0.1) is 0 Å². The molecule has 3 heteroatoms. The quantitative estimate of drug-likeness (QED) is 0.662. The topological polar surface area (TPSA) is 47.3 Å². The standard InChI is InChI=1S/C10H20N2O/c1-7-10(4-5-13-7)12-9-3-2-8(11)6-9/h7-10,12H,2-6,11H2,1H3. The highest BCUT2D eigenvalue weighted by Gasteiger charge is 2.29. The molecule has 76 valence electrons. The molecule has 2 aliphatic rings. The molecular formula is C10H20N2O. The second-order valence-corrected chi connectivity index (χ2v) is 4.41. The average molecular weight is 184 g/mol. The molecule has 0 spiro atoms. The molecular weight excluding hydrogens is 164 g/mol. The Morgan fingerprint density at radius 3 is 2.69 bits per heavy atom. The molecule has 13 heavy (non-hydrogen) atoms. The average Bonchev–Trinajstić information content (AvgIpc) is 2.64. The zero-order chi connectivity index (χ0) is 9.26. The Bertz CT molecular complexity index is 174. The highest BCUT2D eigenvalue weighted by atomic mass is 16.5. The van der Waals surface area contributed by atoms with Crippen molar-refractivity contribution in [2.45, 2.75) is 56.8 Å². The Kier molecular flexibility index (Phi) is 2.86. The Hall–Kier alpha value is -0.120. The van der Waals surface area contributed by atoms with Crippen LogP contribution in [-0.2, 0) is 4.74 Å². The summed E-state index contributed by atoms with van der Waals surface area (Å²) >= 11 is 0. The van der Waals surface area contributed by atoms with Crippen LogP contribution in [-0.4, -0.2) is 30.8 Å². The molecule has 0 radical (unpaired) electrons. The van der Waals surface area contributed by atoms with Crippen LogP contribution in [0.25, 0.3) is 0 Å². The lowest BCUT2D eigenvalue weighted by Gasteiger charge is -2.21. The summed E-state index contributed by atoms with van der Waals surface area (Å²) in [4.78, 5) is 0. The lowest BCUT2D eigenvalue weighted by Crippen LogP contribution is -2.41. The normalized spacial score (nSPS) is 45.7. The fourth-order valence-corrected chi connectivity index (χ4v) is 2.42. The van der Waals surface area contributed by atoms with Crippen LogP contribution in [0.1, 0.15) is 32.6 Å². The van der Waals surface area contributed by atoms with Gasteiger partial charge < -0.3 is 15.8 Å². The van der Waals surface area contributed by atoms with Gasteiger partial charge in [-0.3, -0.25) is 0 Å². The summed E-state index contributed by atoms with van der Waals surface area (Å²) in [6, 6.07) is 1.63. The number of nitrogens with two attached hydrogens (primary N) is 1. The highest BCUT2D eigenvalue weighted by molar-refractivity contribution is 4.88. The van der Waals surface area contributed by atoms with Gasteiger partial charge in [0.05, 0.1) is 6.10 Å². The Labute approximate surface area is 80.0 Å². The van der Waals surface area contributed by atoms with Gasteiger partial charge in [-0.25, -0.2) is 0 Å². The van der Waals surface area contributed by atoms with Gasteiger partial charge in [0.2, 0.25) is 0 Å².